The molecule has 1 N–H and O–H groups in total. The van der Waals surface area contributed by atoms with E-state index < -0.39 is 0 Å². The topological polar surface area (TPSA) is 42.7 Å². The van der Waals surface area contributed by atoms with Crippen molar-refractivity contribution in [3.05, 3.63) is 36.2 Å². The molecule has 2 aromatic heterocycles. The summed E-state index contributed by atoms with van der Waals surface area (Å²) in [6.07, 6.45) is 5.00. The van der Waals surface area contributed by atoms with Crippen LogP contribution in [0.4, 0.5) is 4.39 Å². The first-order valence-electron chi connectivity index (χ1n) is 6.12. The summed E-state index contributed by atoms with van der Waals surface area (Å²) in [5.41, 5.74) is 2.31. The molecule has 0 aliphatic heterocycles. The summed E-state index contributed by atoms with van der Waals surface area (Å²) in [5, 5.41) is 7.22. The van der Waals surface area contributed by atoms with Crippen LogP contribution in [0.3, 0.4) is 0 Å². The van der Waals surface area contributed by atoms with Gasteiger partial charge in [-0.3, -0.25) is 4.98 Å². The number of aryl methyl sites for hydroxylation is 1. The standard InChI is InChI=1S/C13H17FN4/c1-3-15-6-10-5-11(8-16-7-10)12-9-17-18(4-2)13(12)14/h5,7-9,15H,3-4,6H2,1-2H3. The molecule has 0 aliphatic rings. The number of halogens is 1. The molecule has 2 rings (SSSR count). The smallest absolute Gasteiger partial charge is 0.219 e. The SMILES string of the molecule is CCNCc1cncc(-c2cnn(CC)c2F)c1. The van der Waals surface area contributed by atoms with Gasteiger partial charge >= 0.3 is 0 Å². The molecule has 0 unspecified atom stereocenters. The first kappa shape index (κ1) is 12.7. The molecule has 0 aromatic carbocycles. The third-order valence-electron chi connectivity index (χ3n) is 2.76. The van der Waals surface area contributed by atoms with E-state index in [0.29, 0.717) is 12.1 Å². The van der Waals surface area contributed by atoms with E-state index in [1.54, 1.807) is 18.6 Å². The summed E-state index contributed by atoms with van der Waals surface area (Å²) in [7, 11) is 0. The van der Waals surface area contributed by atoms with Crippen LogP contribution >= 0.6 is 0 Å². The van der Waals surface area contributed by atoms with Gasteiger partial charge in [-0.15, -0.1) is 0 Å². The van der Waals surface area contributed by atoms with Gasteiger partial charge in [-0.05, 0) is 25.1 Å². The Bertz CT molecular complexity index is 521. The van der Waals surface area contributed by atoms with Crippen LogP contribution in [-0.4, -0.2) is 21.3 Å². The minimum Gasteiger partial charge on any atom is -0.313 e. The average molecular weight is 248 g/mol. The molecule has 0 saturated carbocycles. The van der Waals surface area contributed by atoms with Crippen molar-refractivity contribution in [2.45, 2.75) is 26.9 Å². The molecule has 0 atom stereocenters. The number of pyridine rings is 1. The Kier molecular flexibility index (Phi) is 4.04. The van der Waals surface area contributed by atoms with Crippen molar-refractivity contribution < 1.29 is 4.39 Å². The predicted molar refractivity (Wildman–Crippen MR) is 68.5 cm³/mol. The number of hydrogen-bond donors (Lipinski definition) is 1. The molecule has 0 amide bonds. The normalized spacial score (nSPS) is 10.8. The molecule has 0 aliphatic carbocycles. The van der Waals surface area contributed by atoms with E-state index in [-0.39, 0.29) is 5.95 Å². The van der Waals surface area contributed by atoms with Gasteiger partial charge in [0.2, 0.25) is 5.95 Å². The van der Waals surface area contributed by atoms with Gasteiger partial charge in [-0.25, -0.2) is 4.68 Å². The van der Waals surface area contributed by atoms with Gasteiger partial charge in [0.05, 0.1) is 11.8 Å². The van der Waals surface area contributed by atoms with Crippen molar-refractivity contribution in [1.29, 1.82) is 0 Å². The van der Waals surface area contributed by atoms with Crippen molar-refractivity contribution in [2.75, 3.05) is 6.54 Å². The summed E-state index contributed by atoms with van der Waals surface area (Å²) < 4.78 is 15.3. The van der Waals surface area contributed by atoms with Crippen molar-refractivity contribution in [3.8, 4) is 11.1 Å². The van der Waals surface area contributed by atoms with E-state index >= 15 is 0 Å². The summed E-state index contributed by atoms with van der Waals surface area (Å²) in [6.45, 7) is 6.06. The van der Waals surface area contributed by atoms with Gasteiger partial charge in [-0.1, -0.05) is 6.92 Å². The van der Waals surface area contributed by atoms with Gasteiger partial charge < -0.3 is 5.32 Å². The average Bonchev–Trinajstić information content (AvgIpc) is 2.78. The van der Waals surface area contributed by atoms with Crippen molar-refractivity contribution >= 4 is 0 Å². The summed E-state index contributed by atoms with van der Waals surface area (Å²) >= 11 is 0. The molecule has 0 bridgehead atoms. The Hall–Kier alpha value is -1.75. The molecule has 0 saturated heterocycles. The quantitative estimate of drug-likeness (QED) is 0.882. The number of hydrogen-bond acceptors (Lipinski definition) is 3. The Labute approximate surface area is 106 Å². The lowest BCUT2D eigenvalue weighted by Gasteiger charge is -2.04. The summed E-state index contributed by atoms with van der Waals surface area (Å²) in [4.78, 5) is 4.15. The molecular formula is C13H17FN4. The van der Waals surface area contributed by atoms with Gasteiger partial charge in [0.1, 0.15) is 0 Å². The molecule has 0 fully saturated rings. The van der Waals surface area contributed by atoms with Crippen LogP contribution in [0.15, 0.2) is 24.7 Å². The van der Waals surface area contributed by atoms with Crippen LogP contribution in [0, 0.1) is 5.95 Å². The molecule has 0 spiro atoms. The first-order chi connectivity index (χ1) is 8.76. The largest absolute Gasteiger partial charge is 0.313 e. The lowest BCUT2D eigenvalue weighted by Crippen LogP contribution is -2.11. The highest BCUT2D eigenvalue weighted by molar-refractivity contribution is 5.62. The van der Waals surface area contributed by atoms with Crippen LogP contribution in [0.1, 0.15) is 19.4 Å². The van der Waals surface area contributed by atoms with Gasteiger partial charge in [-0.2, -0.15) is 9.49 Å². The lowest BCUT2D eigenvalue weighted by molar-refractivity contribution is 0.473. The Morgan fingerprint density at radius 2 is 2.11 bits per heavy atom. The zero-order valence-corrected chi connectivity index (χ0v) is 10.7. The number of nitrogens with one attached hydrogen (secondary N) is 1. The van der Waals surface area contributed by atoms with Gasteiger partial charge in [0, 0.05) is 31.0 Å². The fourth-order valence-corrected chi connectivity index (χ4v) is 1.79. The number of nitrogens with zero attached hydrogens (tertiary/aromatic N) is 3. The molecule has 2 aromatic rings. The Balaban J connectivity index is 2.29. The Morgan fingerprint density at radius 3 is 2.78 bits per heavy atom. The molecule has 96 valence electrons. The van der Waals surface area contributed by atoms with E-state index in [4.69, 9.17) is 0 Å². The highest BCUT2D eigenvalue weighted by Gasteiger charge is 2.11. The van der Waals surface area contributed by atoms with E-state index in [2.05, 4.69) is 15.4 Å². The van der Waals surface area contributed by atoms with Gasteiger partial charge in [0.15, 0.2) is 0 Å². The van der Waals surface area contributed by atoms with E-state index in [0.717, 1.165) is 24.2 Å². The second-order valence-corrected chi connectivity index (χ2v) is 4.03. The maximum atomic E-state index is 14.0. The monoisotopic (exact) mass is 248 g/mol. The number of aromatic nitrogens is 3. The van der Waals surface area contributed by atoms with Crippen LogP contribution in [-0.2, 0) is 13.1 Å². The number of rotatable bonds is 5. The minimum atomic E-state index is -0.306. The second kappa shape index (κ2) is 5.73. The maximum Gasteiger partial charge on any atom is 0.219 e. The van der Waals surface area contributed by atoms with Crippen LogP contribution in [0.25, 0.3) is 11.1 Å². The van der Waals surface area contributed by atoms with Crippen LogP contribution in [0.2, 0.25) is 0 Å². The fraction of sp³-hybridized carbons (Fsp3) is 0.385. The molecule has 2 heterocycles. The first-order valence-corrected chi connectivity index (χ1v) is 6.12. The van der Waals surface area contributed by atoms with E-state index in [9.17, 15) is 4.39 Å². The van der Waals surface area contributed by atoms with Crippen LogP contribution < -0.4 is 5.32 Å². The summed E-state index contributed by atoms with van der Waals surface area (Å²) in [5.74, 6) is -0.306. The van der Waals surface area contributed by atoms with E-state index in [1.807, 2.05) is 19.9 Å². The lowest BCUT2D eigenvalue weighted by atomic mass is 10.1. The fourth-order valence-electron chi connectivity index (χ4n) is 1.79. The second-order valence-electron chi connectivity index (χ2n) is 4.03. The van der Waals surface area contributed by atoms with Crippen molar-refractivity contribution in [2.24, 2.45) is 0 Å². The molecule has 18 heavy (non-hydrogen) atoms. The van der Waals surface area contributed by atoms with Crippen molar-refractivity contribution in [3.63, 3.8) is 0 Å². The Morgan fingerprint density at radius 1 is 1.28 bits per heavy atom. The summed E-state index contributed by atoms with van der Waals surface area (Å²) in [6, 6.07) is 1.94. The zero-order chi connectivity index (χ0) is 13.0. The van der Waals surface area contributed by atoms with Crippen molar-refractivity contribution in [1.82, 2.24) is 20.1 Å². The minimum absolute atomic E-state index is 0.306. The molecule has 0 radical (unpaired) electrons. The van der Waals surface area contributed by atoms with E-state index in [1.165, 1.54) is 4.68 Å². The zero-order valence-electron chi connectivity index (χ0n) is 10.7. The third-order valence-corrected chi connectivity index (χ3v) is 2.76. The van der Waals surface area contributed by atoms with Crippen LogP contribution in [0.5, 0.6) is 0 Å². The molecular weight excluding hydrogens is 231 g/mol. The molecule has 4 nitrogen and oxygen atoms in total. The van der Waals surface area contributed by atoms with Gasteiger partial charge in [0.25, 0.3) is 0 Å². The highest BCUT2D eigenvalue weighted by atomic mass is 19.1. The highest BCUT2D eigenvalue weighted by Crippen LogP contribution is 2.22. The third kappa shape index (κ3) is 2.56. The molecule has 5 heteroatoms. The maximum absolute atomic E-state index is 14.0. The predicted octanol–water partition coefficient (Wildman–Crippen LogP) is 2.21.